The Kier molecular flexibility index (Phi) is 4.95. The fourth-order valence-electron chi connectivity index (χ4n) is 1.82. The highest BCUT2D eigenvalue weighted by Gasteiger charge is 2.09. The van der Waals surface area contributed by atoms with E-state index in [4.69, 9.17) is 0 Å². The standard InChI is InChI=1S/C16H15IN2O2/c1-10-6-7-12(9-14(10)17)16(21)19-13-5-3-4-11(8-13)15(20)18-2/h3-9H,1-2H3,(H,18,20)(H,19,21). The molecule has 0 saturated carbocycles. The van der Waals surface area contributed by atoms with Crippen molar-refractivity contribution in [1.29, 1.82) is 0 Å². The molecule has 0 aromatic heterocycles. The maximum absolute atomic E-state index is 12.2. The van der Waals surface area contributed by atoms with Crippen molar-refractivity contribution < 1.29 is 9.59 Å². The van der Waals surface area contributed by atoms with Gasteiger partial charge < -0.3 is 10.6 Å². The van der Waals surface area contributed by atoms with Gasteiger partial charge in [0.1, 0.15) is 0 Å². The molecule has 4 nitrogen and oxygen atoms in total. The number of amides is 2. The summed E-state index contributed by atoms with van der Waals surface area (Å²) in [7, 11) is 1.57. The van der Waals surface area contributed by atoms with Gasteiger partial charge in [0, 0.05) is 27.4 Å². The molecule has 2 aromatic rings. The molecule has 108 valence electrons. The third-order valence-corrected chi connectivity index (χ3v) is 4.21. The summed E-state index contributed by atoms with van der Waals surface area (Å²) in [6.07, 6.45) is 0. The van der Waals surface area contributed by atoms with Crippen LogP contribution in [0.3, 0.4) is 0 Å². The van der Waals surface area contributed by atoms with Gasteiger partial charge in [-0.15, -0.1) is 0 Å². The summed E-state index contributed by atoms with van der Waals surface area (Å²) in [5, 5.41) is 5.36. The smallest absolute Gasteiger partial charge is 0.255 e. The number of rotatable bonds is 3. The maximum atomic E-state index is 12.2. The second-order valence-electron chi connectivity index (χ2n) is 4.58. The molecular formula is C16H15IN2O2. The summed E-state index contributed by atoms with van der Waals surface area (Å²) in [5.41, 5.74) is 2.83. The van der Waals surface area contributed by atoms with Crippen molar-refractivity contribution in [3.63, 3.8) is 0 Å². The summed E-state index contributed by atoms with van der Waals surface area (Å²) < 4.78 is 1.04. The number of hydrogen-bond acceptors (Lipinski definition) is 2. The van der Waals surface area contributed by atoms with Crippen LogP contribution in [-0.4, -0.2) is 18.9 Å². The minimum absolute atomic E-state index is 0.184. The fraction of sp³-hybridized carbons (Fsp3) is 0.125. The van der Waals surface area contributed by atoms with Crippen LogP contribution in [0.2, 0.25) is 0 Å². The molecule has 2 aromatic carbocycles. The van der Waals surface area contributed by atoms with Crippen molar-refractivity contribution in [3.05, 3.63) is 62.7 Å². The lowest BCUT2D eigenvalue weighted by Crippen LogP contribution is -2.18. The van der Waals surface area contributed by atoms with E-state index in [2.05, 4.69) is 33.2 Å². The molecule has 0 heterocycles. The molecule has 5 heteroatoms. The molecule has 2 N–H and O–H groups in total. The lowest BCUT2D eigenvalue weighted by Gasteiger charge is -2.08. The molecule has 0 aliphatic rings. The second kappa shape index (κ2) is 6.71. The molecular weight excluding hydrogens is 379 g/mol. The van der Waals surface area contributed by atoms with Gasteiger partial charge in [-0.1, -0.05) is 12.1 Å². The summed E-state index contributed by atoms with van der Waals surface area (Å²) >= 11 is 2.20. The summed E-state index contributed by atoms with van der Waals surface area (Å²) in [4.78, 5) is 23.8. The van der Waals surface area contributed by atoms with Crippen LogP contribution in [0.5, 0.6) is 0 Å². The van der Waals surface area contributed by atoms with Gasteiger partial charge in [0.25, 0.3) is 11.8 Å². The quantitative estimate of drug-likeness (QED) is 0.786. The molecule has 0 radical (unpaired) electrons. The highest BCUT2D eigenvalue weighted by atomic mass is 127. The molecule has 0 bridgehead atoms. The van der Waals surface area contributed by atoms with Gasteiger partial charge in [-0.05, 0) is 65.4 Å². The zero-order chi connectivity index (χ0) is 15.4. The zero-order valence-corrected chi connectivity index (χ0v) is 13.9. The minimum atomic E-state index is -0.193. The number of carbonyl (C=O) groups excluding carboxylic acids is 2. The van der Waals surface area contributed by atoms with E-state index < -0.39 is 0 Å². The predicted molar refractivity (Wildman–Crippen MR) is 91.7 cm³/mol. The van der Waals surface area contributed by atoms with E-state index >= 15 is 0 Å². The predicted octanol–water partition coefficient (Wildman–Crippen LogP) is 3.21. The largest absolute Gasteiger partial charge is 0.355 e. The van der Waals surface area contributed by atoms with Gasteiger partial charge in [-0.2, -0.15) is 0 Å². The normalized spacial score (nSPS) is 10.0. The Morgan fingerprint density at radius 1 is 1.00 bits per heavy atom. The Hall–Kier alpha value is -1.89. The van der Waals surface area contributed by atoms with Crippen LogP contribution in [0.15, 0.2) is 42.5 Å². The molecule has 2 amide bonds. The van der Waals surface area contributed by atoms with E-state index in [1.165, 1.54) is 0 Å². The van der Waals surface area contributed by atoms with Gasteiger partial charge in [0.05, 0.1) is 0 Å². The zero-order valence-electron chi connectivity index (χ0n) is 11.7. The molecule has 21 heavy (non-hydrogen) atoms. The molecule has 0 atom stereocenters. The lowest BCUT2D eigenvalue weighted by atomic mass is 10.1. The van der Waals surface area contributed by atoms with Crippen LogP contribution < -0.4 is 10.6 Å². The van der Waals surface area contributed by atoms with Crippen LogP contribution in [0.1, 0.15) is 26.3 Å². The van der Waals surface area contributed by atoms with Crippen molar-refractivity contribution in [2.75, 3.05) is 12.4 Å². The highest BCUT2D eigenvalue weighted by molar-refractivity contribution is 14.1. The molecule has 0 unspecified atom stereocenters. The van der Waals surface area contributed by atoms with E-state index in [1.54, 1.807) is 37.4 Å². The highest BCUT2D eigenvalue weighted by Crippen LogP contribution is 2.16. The first-order chi connectivity index (χ1) is 10.0. The Balaban J connectivity index is 2.19. The molecule has 0 aliphatic carbocycles. The molecule has 0 spiro atoms. The Labute approximate surface area is 137 Å². The Morgan fingerprint density at radius 2 is 1.71 bits per heavy atom. The van der Waals surface area contributed by atoms with E-state index in [-0.39, 0.29) is 11.8 Å². The first kappa shape index (κ1) is 15.5. The Morgan fingerprint density at radius 3 is 2.38 bits per heavy atom. The van der Waals surface area contributed by atoms with Crippen LogP contribution >= 0.6 is 22.6 Å². The van der Waals surface area contributed by atoms with Gasteiger partial charge in [0.15, 0.2) is 0 Å². The SMILES string of the molecule is CNC(=O)c1cccc(NC(=O)c2ccc(C)c(I)c2)c1. The van der Waals surface area contributed by atoms with E-state index in [9.17, 15) is 9.59 Å². The van der Waals surface area contributed by atoms with Crippen molar-refractivity contribution in [2.45, 2.75) is 6.92 Å². The van der Waals surface area contributed by atoms with Crippen molar-refractivity contribution in [1.82, 2.24) is 5.32 Å². The van der Waals surface area contributed by atoms with E-state index in [0.717, 1.165) is 9.13 Å². The monoisotopic (exact) mass is 394 g/mol. The number of anilines is 1. The van der Waals surface area contributed by atoms with Crippen LogP contribution in [0.4, 0.5) is 5.69 Å². The Bertz CT molecular complexity index is 698. The van der Waals surface area contributed by atoms with Crippen molar-refractivity contribution in [2.24, 2.45) is 0 Å². The third-order valence-electron chi connectivity index (χ3n) is 3.04. The fourth-order valence-corrected chi connectivity index (χ4v) is 2.34. The topological polar surface area (TPSA) is 58.2 Å². The average Bonchev–Trinajstić information content (AvgIpc) is 2.49. The number of nitrogens with one attached hydrogen (secondary N) is 2. The van der Waals surface area contributed by atoms with Gasteiger partial charge >= 0.3 is 0 Å². The van der Waals surface area contributed by atoms with E-state index in [0.29, 0.717) is 16.8 Å². The molecule has 0 aliphatic heterocycles. The maximum Gasteiger partial charge on any atom is 0.255 e. The van der Waals surface area contributed by atoms with Crippen LogP contribution in [0, 0.1) is 10.5 Å². The average molecular weight is 394 g/mol. The molecule has 0 fully saturated rings. The number of carbonyl (C=O) groups is 2. The molecule has 2 rings (SSSR count). The van der Waals surface area contributed by atoms with Crippen molar-refractivity contribution in [3.8, 4) is 0 Å². The van der Waals surface area contributed by atoms with E-state index in [1.807, 2.05) is 19.1 Å². The summed E-state index contributed by atoms with van der Waals surface area (Å²) in [6.45, 7) is 2.00. The third kappa shape index (κ3) is 3.81. The minimum Gasteiger partial charge on any atom is -0.355 e. The molecule has 0 saturated heterocycles. The first-order valence-electron chi connectivity index (χ1n) is 6.41. The number of hydrogen-bond donors (Lipinski definition) is 2. The number of aryl methyl sites for hydroxylation is 1. The van der Waals surface area contributed by atoms with Gasteiger partial charge in [-0.3, -0.25) is 9.59 Å². The van der Waals surface area contributed by atoms with Crippen molar-refractivity contribution >= 4 is 40.1 Å². The second-order valence-corrected chi connectivity index (χ2v) is 5.74. The lowest BCUT2D eigenvalue weighted by molar-refractivity contribution is 0.0961. The number of benzene rings is 2. The summed E-state index contributed by atoms with van der Waals surface area (Å²) in [5.74, 6) is -0.377. The number of halogens is 1. The van der Waals surface area contributed by atoms with Crippen LogP contribution in [-0.2, 0) is 0 Å². The first-order valence-corrected chi connectivity index (χ1v) is 7.49. The van der Waals surface area contributed by atoms with Crippen LogP contribution in [0.25, 0.3) is 0 Å². The summed E-state index contributed by atoms with van der Waals surface area (Å²) in [6, 6.07) is 12.4. The van der Waals surface area contributed by atoms with Gasteiger partial charge in [-0.25, -0.2) is 0 Å². The van der Waals surface area contributed by atoms with Gasteiger partial charge in [0.2, 0.25) is 0 Å².